The zero-order valence-corrected chi connectivity index (χ0v) is 14.0. The molecule has 1 atom stereocenters. The van der Waals surface area contributed by atoms with Crippen LogP contribution in [0.25, 0.3) is 0 Å². The third-order valence-electron chi connectivity index (χ3n) is 3.81. The second-order valence-corrected chi connectivity index (χ2v) is 7.35. The molecule has 1 amide bonds. The highest BCUT2D eigenvalue weighted by Crippen LogP contribution is 2.33. The Hall–Kier alpha value is -1.44. The summed E-state index contributed by atoms with van der Waals surface area (Å²) in [6.45, 7) is 4.65. The van der Waals surface area contributed by atoms with Gasteiger partial charge in [-0.15, -0.1) is 0 Å². The van der Waals surface area contributed by atoms with Crippen LogP contribution in [0.1, 0.15) is 25.8 Å². The van der Waals surface area contributed by atoms with E-state index >= 15 is 0 Å². The van der Waals surface area contributed by atoms with Crippen molar-refractivity contribution in [1.29, 1.82) is 0 Å². The third kappa shape index (κ3) is 3.48. The van der Waals surface area contributed by atoms with Gasteiger partial charge in [0.15, 0.2) is 0 Å². The minimum Gasteiger partial charge on any atom is -0.320 e. The summed E-state index contributed by atoms with van der Waals surface area (Å²) in [5.74, 6) is -0.0213. The summed E-state index contributed by atoms with van der Waals surface area (Å²) < 4.78 is 27.2. The van der Waals surface area contributed by atoms with Crippen LogP contribution < -0.4 is 14.9 Å². The van der Waals surface area contributed by atoms with Crippen LogP contribution in [0.3, 0.4) is 0 Å². The Labute approximate surface area is 131 Å². The van der Waals surface area contributed by atoms with E-state index in [2.05, 4.69) is 10.0 Å². The molecule has 1 aromatic carbocycles. The topological polar surface area (TPSA) is 78.5 Å². The van der Waals surface area contributed by atoms with Crippen LogP contribution in [-0.4, -0.2) is 40.5 Å². The molecule has 0 aliphatic carbocycles. The van der Waals surface area contributed by atoms with Gasteiger partial charge in [0.2, 0.25) is 15.9 Å². The lowest BCUT2D eigenvalue weighted by Crippen LogP contribution is -2.33. The Kier molecular flexibility index (Phi) is 5.20. The van der Waals surface area contributed by atoms with Crippen molar-refractivity contribution in [3.05, 3.63) is 23.8 Å². The summed E-state index contributed by atoms with van der Waals surface area (Å²) in [5, 5.41) is 2.98. The number of rotatable bonds is 6. The lowest BCUT2D eigenvalue weighted by molar-refractivity contribution is -0.116. The number of anilines is 1. The van der Waals surface area contributed by atoms with Crippen LogP contribution in [0.4, 0.5) is 5.69 Å². The Morgan fingerprint density at radius 2 is 2.09 bits per heavy atom. The molecule has 22 heavy (non-hydrogen) atoms. The van der Waals surface area contributed by atoms with E-state index < -0.39 is 10.0 Å². The first-order chi connectivity index (χ1) is 10.4. The molecular weight excluding hydrogens is 302 g/mol. The van der Waals surface area contributed by atoms with Crippen LogP contribution in [0.2, 0.25) is 0 Å². The molecule has 0 saturated carbocycles. The van der Waals surface area contributed by atoms with E-state index in [1.165, 1.54) is 6.92 Å². The van der Waals surface area contributed by atoms with Crippen LogP contribution >= 0.6 is 0 Å². The fourth-order valence-electron chi connectivity index (χ4n) is 2.81. The standard InChI is InChI=1S/C15H23N3O3S/c1-11-9-13-10-14(5-6-15(13)18(11)12(2)19)22(20,21)17-8-4-7-16-3/h5-6,10-11,16-17H,4,7-9H2,1-3H3. The summed E-state index contributed by atoms with van der Waals surface area (Å²) in [4.78, 5) is 13.7. The normalized spacial score (nSPS) is 17.6. The number of nitrogens with zero attached hydrogens (tertiary/aromatic N) is 1. The van der Waals surface area contributed by atoms with Crippen molar-refractivity contribution >= 4 is 21.6 Å². The SMILES string of the molecule is CNCCCNS(=O)(=O)c1ccc2c(c1)CC(C)N2C(C)=O. The van der Waals surface area contributed by atoms with Crippen molar-refractivity contribution in [2.45, 2.75) is 37.6 Å². The van der Waals surface area contributed by atoms with Crippen molar-refractivity contribution < 1.29 is 13.2 Å². The van der Waals surface area contributed by atoms with Gasteiger partial charge in [0.25, 0.3) is 0 Å². The van der Waals surface area contributed by atoms with Gasteiger partial charge in [-0.1, -0.05) is 0 Å². The smallest absolute Gasteiger partial charge is 0.240 e. The monoisotopic (exact) mass is 325 g/mol. The minimum absolute atomic E-state index is 0.0213. The number of sulfonamides is 1. The van der Waals surface area contributed by atoms with Crippen molar-refractivity contribution in [3.8, 4) is 0 Å². The van der Waals surface area contributed by atoms with E-state index in [1.54, 1.807) is 23.1 Å². The van der Waals surface area contributed by atoms with Gasteiger partial charge in [0, 0.05) is 25.2 Å². The van der Waals surface area contributed by atoms with Gasteiger partial charge >= 0.3 is 0 Å². The molecule has 122 valence electrons. The molecule has 0 bridgehead atoms. The molecule has 1 aliphatic heterocycles. The van der Waals surface area contributed by atoms with Crippen LogP contribution in [-0.2, 0) is 21.2 Å². The molecule has 2 rings (SSSR count). The fraction of sp³-hybridized carbons (Fsp3) is 0.533. The van der Waals surface area contributed by atoms with Crippen LogP contribution in [0.15, 0.2) is 23.1 Å². The van der Waals surface area contributed by atoms with Gasteiger partial charge in [0.1, 0.15) is 0 Å². The highest BCUT2D eigenvalue weighted by atomic mass is 32.2. The van der Waals surface area contributed by atoms with Gasteiger partial charge in [0.05, 0.1) is 4.90 Å². The molecule has 0 aromatic heterocycles. The number of hydrogen-bond donors (Lipinski definition) is 2. The lowest BCUT2D eigenvalue weighted by Gasteiger charge is -2.20. The Balaban J connectivity index is 2.19. The molecule has 6 nitrogen and oxygen atoms in total. The van der Waals surface area contributed by atoms with Gasteiger partial charge in [-0.25, -0.2) is 13.1 Å². The first kappa shape index (κ1) is 16.9. The first-order valence-electron chi connectivity index (χ1n) is 7.44. The van der Waals surface area contributed by atoms with Crippen molar-refractivity contribution in [3.63, 3.8) is 0 Å². The highest BCUT2D eigenvalue weighted by Gasteiger charge is 2.30. The van der Waals surface area contributed by atoms with E-state index in [1.807, 2.05) is 14.0 Å². The second-order valence-electron chi connectivity index (χ2n) is 5.59. The zero-order chi connectivity index (χ0) is 16.3. The third-order valence-corrected chi connectivity index (χ3v) is 5.27. The lowest BCUT2D eigenvalue weighted by atomic mass is 10.1. The predicted octanol–water partition coefficient (Wildman–Crippen LogP) is 0.872. The van der Waals surface area contributed by atoms with E-state index in [9.17, 15) is 13.2 Å². The van der Waals surface area contributed by atoms with E-state index in [-0.39, 0.29) is 16.8 Å². The maximum Gasteiger partial charge on any atom is 0.240 e. The van der Waals surface area contributed by atoms with Gasteiger partial charge < -0.3 is 10.2 Å². The highest BCUT2D eigenvalue weighted by molar-refractivity contribution is 7.89. The van der Waals surface area contributed by atoms with E-state index in [0.717, 1.165) is 24.2 Å². The maximum absolute atomic E-state index is 12.3. The summed E-state index contributed by atoms with van der Waals surface area (Å²) >= 11 is 0. The minimum atomic E-state index is -3.50. The van der Waals surface area contributed by atoms with Gasteiger partial charge in [-0.05, 0) is 57.1 Å². The predicted molar refractivity (Wildman–Crippen MR) is 86.5 cm³/mol. The molecule has 1 aromatic rings. The van der Waals surface area contributed by atoms with Crippen LogP contribution in [0.5, 0.6) is 0 Å². The molecule has 0 spiro atoms. The van der Waals surface area contributed by atoms with Crippen molar-refractivity contribution in [1.82, 2.24) is 10.0 Å². The van der Waals surface area contributed by atoms with E-state index in [0.29, 0.717) is 13.0 Å². The Morgan fingerprint density at radius 1 is 1.36 bits per heavy atom. The average Bonchev–Trinajstić information content (AvgIpc) is 2.78. The van der Waals surface area contributed by atoms with Crippen LogP contribution in [0, 0.1) is 0 Å². The molecule has 0 fully saturated rings. The number of fused-ring (bicyclic) bond motifs is 1. The number of nitrogens with one attached hydrogen (secondary N) is 2. The summed E-state index contributed by atoms with van der Waals surface area (Å²) in [6, 6.07) is 5.03. The number of hydrogen-bond acceptors (Lipinski definition) is 4. The van der Waals surface area contributed by atoms with Gasteiger partial charge in [-0.2, -0.15) is 0 Å². The second kappa shape index (κ2) is 6.76. The number of carbonyl (C=O) groups is 1. The summed E-state index contributed by atoms with van der Waals surface area (Å²) in [6.07, 6.45) is 1.41. The molecule has 1 aliphatic rings. The molecule has 1 heterocycles. The quantitative estimate of drug-likeness (QED) is 0.761. The van der Waals surface area contributed by atoms with Crippen molar-refractivity contribution in [2.24, 2.45) is 0 Å². The number of carbonyl (C=O) groups excluding carboxylic acids is 1. The number of benzene rings is 1. The summed E-state index contributed by atoms with van der Waals surface area (Å²) in [5.41, 5.74) is 1.72. The van der Waals surface area contributed by atoms with Crippen molar-refractivity contribution in [2.75, 3.05) is 25.0 Å². The van der Waals surface area contributed by atoms with E-state index in [4.69, 9.17) is 0 Å². The Morgan fingerprint density at radius 3 is 2.73 bits per heavy atom. The zero-order valence-electron chi connectivity index (χ0n) is 13.2. The largest absolute Gasteiger partial charge is 0.320 e. The molecular formula is C15H23N3O3S. The maximum atomic E-state index is 12.3. The molecule has 2 N–H and O–H groups in total. The number of amides is 1. The first-order valence-corrected chi connectivity index (χ1v) is 8.92. The molecule has 0 radical (unpaired) electrons. The fourth-order valence-corrected chi connectivity index (χ4v) is 3.93. The summed E-state index contributed by atoms with van der Waals surface area (Å²) in [7, 11) is -1.67. The molecule has 0 saturated heterocycles. The molecule has 7 heteroatoms. The van der Waals surface area contributed by atoms with Gasteiger partial charge in [-0.3, -0.25) is 4.79 Å². The average molecular weight is 325 g/mol. The Bertz CT molecular complexity index is 658. The molecule has 1 unspecified atom stereocenters.